The molecule has 0 spiro atoms. The zero-order valence-electron chi connectivity index (χ0n) is 11.5. The van der Waals surface area contributed by atoms with Gasteiger partial charge < -0.3 is 5.11 Å². The second-order valence-corrected chi connectivity index (χ2v) is 5.03. The maximum Gasteiger partial charge on any atom is 0.126 e. The van der Waals surface area contributed by atoms with Crippen LogP contribution in [0.3, 0.4) is 0 Å². The van der Waals surface area contributed by atoms with Crippen molar-refractivity contribution in [1.29, 1.82) is 0 Å². The van der Waals surface area contributed by atoms with Gasteiger partial charge in [0.05, 0.1) is 6.20 Å². The van der Waals surface area contributed by atoms with Gasteiger partial charge in [0, 0.05) is 18.3 Å². The van der Waals surface area contributed by atoms with Crippen LogP contribution in [0.25, 0.3) is 0 Å². The molecule has 0 saturated heterocycles. The van der Waals surface area contributed by atoms with Gasteiger partial charge in [-0.25, -0.2) is 4.39 Å². The molecular formula is C15H19FN2O. The minimum absolute atomic E-state index is 0.307. The normalized spacial score (nSPS) is 14.4. The average Bonchev–Trinajstić information content (AvgIpc) is 2.82. The zero-order chi connectivity index (χ0) is 14.0. The van der Waals surface area contributed by atoms with Crippen LogP contribution in [0.5, 0.6) is 0 Å². The Hall–Kier alpha value is -1.68. The van der Waals surface area contributed by atoms with Gasteiger partial charge >= 0.3 is 0 Å². The van der Waals surface area contributed by atoms with E-state index < -0.39 is 5.60 Å². The Labute approximate surface area is 112 Å². The third-order valence-electron chi connectivity index (χ3n) is 3.38. The van der Waals surface area contributed by atoms with E-state index in [2.05, 4.69) is 12.0 Å². The van der Waals surface area contributed by atoms with Crippen LogP contribution < -0.4 is 0 Å². The molecule has 3 nitrogen and oxygen atoms in total. The largest absolute Gasteiger partial charge is 0.381 e. The van der Waals surface area contributed by atoms with E-state index in [1.807, 2.05) is 0 Å². The summed E-state index contributed by atoms with van der Waals surface area (Å²) in [5.74, 6) is -0.307. The van der Waals surface area contributed by atoms with Gasteiger partial charge in [0.2, 0.25) is 0 Å². The fourth-order valence-electron chi connectivity index (χ4n) is 2.03. The monoisotopic (exact) mass is 262 g/mol. The summed E-state index contributed by atoms with van der Waals surface area (Å²) in [5.41, 5.74) is 0.539. The Balaban J connectivity index is 2.36. The Kier molecular flexibility index (Phi) is 3.71. The highest BCUT2D eigenvalue weighted by atomic mass is 19.1. The number of rotatable bonds is 4. The van der Waals surface area contributed by atoms with Gasteiger partial charge in [0.25, 0.3) is 0 Å². The lowest BCUT2D eigenvalue weighted by atomic mass is 9.90. The Bertz CT molecular complexity index is 575. The van der Waals surface area contributed by atoms with Gasteiger partial charge in [-0.15, -0.1) is 0 Å². The van der Waals surface area contributed by atoms with Gasteiger partial charge in [-0.1, -0.05) is 19.1 Å². The van der Waals surface area contributed by atoms with Crippen LogP contribution in [0.2, 0.25) is 0 Å². The quantitative estimate of drug-likeness (QED) is 0.919. The van der Waals surface area contributed by atoms with E-state index in [0.717, 1.165) is 13.0 Å². The number of hydrogen-bond acceptors (Lipinski definition) is 2. The van der Waals surface area contributed by atoms with Gasteiger partial charge in [0.1, 0.15) is 11.4 Å². The van der Waals surface area contributed by atoms with Crippen molar-refractivity contribution >= 4 is 0 Å². The third kappa shape index (κ3) is 2.68. The van der Waals surface area contributed by atoms with Crippen molar-refractivity contribution in [3.8, 4) is 0 Å². The van der Waals surface area contributed by atoms with Crippen molar-refractivity contribution in [3.63, 3.8) is 0 Å². The number of aliphatic hydroxyl groups is 1. The lowest BCUT2D eigenvalue weighted by molar-refractivity contribution is 0.102. The molecule has 1 unspecified atom stereocenters. The molecule has 1 atom stereocenters. The summed E-state index contributed by atoms with van der Waals surface area (Å²) in [6.07, 6.45) is 4.41. The van der Waals surface area contributed by atoms with Crippen LogP contribution in [0.1, 0.15) is 37.0 Å². The minimum atomic E-state index is -1.24. The first-order valence-electron chi connectivity index (χ1n) is 6.47. The second kappa shape index (κ2) is 5.13. The van der Waals surface area contributed by atoms with Crippen molar-refractivity contribution in [1.82, 2.24) is 9.78 Å². The lowest BCUT2D eigenvalue weighted by Crippen LogP contribution is -2.22. The van der Waals surface area contributed by atoms with Gasteiger partial charge in [-0.3, -0.25) is 4.68 Å². The molecule has 2 aromatic rings. The van der Waals surface area contributed by atoms with Gasteiger partial charge in [-0.05, 0) is 37.5 Å². The molecule has 0 fully saturated rings. The molecule has 1 N–H and O–H groups in total. The van der Waals surface area contributed by atoms with Crippen LogP contribution in [-0.4, -0.2) is 14.9 Å². The molecule has 0 aliphatic heterocycles. The zero-order valence-corrected chi connectivity index (χ0v) is 11.5. The lowest BCUT2D eigenvalue weighted by Gasteiger charge is -2.22. The number of nitrogens with zero attached hydrogens (tertiary/aromatic N) is 2. The maximum absolute atomic E-state index is 13.6. The number of aryl methyl sites for hydroxylation is 2. The first kappa shape index (κ1) is 13.7. The van der Waals surface area contributed by atoms with Gasteiger partial charge in [0.15, 0.2) is 0 Å². The third-order valence-corrected chi connectivity index (χ3v) is 3.38. The standard InChI is InChI=1S/C15H19FN2O/c1-4-7-18-10-13(9-17-18)15(3,19)12-6-5-11(2)14(16)8-12/h5-6,8-10,19H,4,7H2,1-3H3. The van der Waals surface area contributed by atoms with Crippen molar-refractivity contribution in [3.05, 3.63) is 53.1 Å². The molecule has 0 saturated carbocycles. The van der Waals surface area contributed by atoms with E-state index in [9.17, 15) is 9.50 Å². The highest BCUT2D eigenvalue weighted by Crippen LogP contribution is 2.29. The van der Waals surface area contributed by atoms with Gasteiger partial charge in [-0.2, -0.15) is 5.10 Å². The maximum atomic E-state index is 13.6. The number of halogens is 1. The molecule has 1 aromatic heterocycles. The van der Waals surface area contributed by atoms with Crippen molar-refractivity contribution in [2.24, 2.45) is 0 Å². The molecule has 0 bridgehead atoms. The molecule has 102 valence electrons. The minimum Gasteiger partial charge on any atom is -0.381 e. The fraction of sp³-hybridized carbons (Fsp3) is 0.400. The molecule has 1 heterocycles. The van der Waals surface area contributed by atoms with Crippen molar-refractivity contribution < 1.29 is 9.50 Å². The predicted molar refractivity (Wildman–Crippen MR) is 72.3 cm³/mol. The Morgan fingerprint density at radius 2 is 2.11 bits per heavy atom. The van der Waals surface area contributed by atoms with Crippen LogP contribution in [0.15, 0.2) is 30.6 Å². The highest BCUT2D eigenvalue weighted by molar-refractivity contribution is 5.35. The van der Waals surface area contributed by atoms with E-state index in [1.54, 1.807) is 43.1 Å². The molecule has 19 heavy (non-hydrogen) atoms. The molecule has 0 amide bonds. The van der Waals surface area contributed by atoms with Crippen molar-refractivity contribution in [2.75, 3.05) is 0 Å². The summed E-state index contributed by atoms with van der Waals surface area (Å²) in [6.45, 7) is 6.23. The summed E-state index contributed by atoms with van der Waals surface area (Å²) in [6, 6.07) is 4.80. The summed E-state index contributed by atoms with van der Waals surface area (Å²) in [5, 5.41) is 14.8. The number of aromatic nitrogens is 2. The Morgan fingerprint density at radius 1 is 1.37 bits per heavy atom. The highest BCUT2D eigenvalue weighted by Gasteiger charge is 2.27. The average molecular weight is 262 g/mol. The molecule has 0 aliphatic rings. The first-order valence-corrected chi connectivity index (χ1v) is 6.47. The van der Waals surface area contributed by atoms with Crippen LogP contribution in [0, 0.1) is 12.7 Å². The molecular weight excluding hydrogens is 243 g/mol. The molecule has 2 rings (SSSR count). The smallest absolute Gasteiger partial charge is 0.126 e. The Morgan fingerprint density at radius 3 is 2.74 bits per heavy atom. The molecule has 4 heteroatoms. The topological polar surface area (TPSA) is 38.0 Å². The van der Waals surface area contributed by atoms with E-state index in [0.29, 0.717) is 16.7 Å². The SMILES string of the molecule is CCCn1cc(C(C)(O)c2ccc(C)c(F)c2)cn1. The number of hydrogen-bond donors (Lipinski definition) is 1. The van der Waals surface area contributed by atoms with E-state index in [1.165, 1.54) is 6.07 Å². The fourth-order valence-corrected chi connectivity index (χ4v) is 2.03. The van der Waals surface area contributed by atoms with Crippen LogP contribution >= 0.6 is 0 Å². The first-order chi connectivity index (χ1) is 8.95. The van der Waals surface area contributed by atoms with E-state index >= 15 is 0 Å². The predicted octanol–water partition coefficient (Wildman–Crippen LogP) is 3.00. The van der Waals surface area contributed by atoms with E-state index in [-0.39, 0.29) is 5.82 Å². The summed E-state index contributed by atoms with van der Waals surface area (Å²) in [4.78, 5) is 0. The summed E-state index contributed by atoms with van der Waals surface area (Å²) >= 11 is 0. The van der Waals surface area contributed by atoms with E-state index in [4.69, 9.17) is 0 Å². The summed E-state index contributed by atoms with van der Waals surface area (Å²) in [7, 11) is 0. The second-order valence-electron chi connectivity index (χ2n) is 5.03. The number of benzene rings is 1. The van der Waals surface area contributed by atoms with Crippen molar-refractivity contribution in [2.45, 2.75) is 39.3 Å². The molecule has 0 aliphatic carbocycles. The molecule has 0 radical (unpaired) electrons. The van der Waals surface area contributed by atoms with Crippen LogP contribution in [-0.2, 0) is 12.1 Å². The summed E-state index contributed by atoms with van der Waals surface area (Å²) < 4.78 is 15.4. The van der Waals surface area contributed by atoms with Crippen LogP contribution in [0.4, 0.5) is 4.39 Å². The molecule has 1 aromatic carbocycles.